The standard InChI is InChI=1S/C19H16N2O2S2/c1-24-16-5-3-2-4-14(16)20-19-21-18(22)17(25-19)11-12-6-7-15-13(10-12)8-9-23-15/h2-7,10-11H,8-9H2,1H3,(H,20,21,22)/b17-11+. The number of nitrogens with one attached hydrogen (secondary N) is 1. The molecule has 2 aromatic rings. The van der Waals surface area contributed by atoms with Crippen LogP contribution in [0.5, 0.6) is 5.75 Å². The van der Waals surface area contributed by atoms with Crippen molar-refractivity contribution in [1.29, 1.82) is 0 Å². The molecule has 0 radical (unpaired) electrons. The van der Waals surface area contributed by atoms with Crippen LogP contribution in [-0.4, -0.2) is 23.9 Å². The highest BCUT2D eigenvalue weighted by atomic mass is 32.2. The van der Waals surface area contributed by atoms with Crippen LogP contribution in [0, 0.1) is 0 Å². The molecule has 0 atom stereocenters. The van der Waals surface area contributed by atoms with Crippen molar-refractivity contribution in [3.8, 4) is 5.75 Å². The summed E-state index contributed by atoms with van der Waals surface area (Å²) in [4.78, 5) is 18.6. The summed E-state index contributed by atoms with van der Waals surface area (Å²) in [5, 5.41) is 3.46. The highest BCUT2D eigenvalue weighted by molar-refractivity contribution is 8.18. The number of aliphatic imine (C=N–C) groups is 1. The summed E-state index contributed by atoms with van der Waals surface area (Å²) >= 11 is 3.01. The SMILES string of the molecule is CSc1ccccc1N=C1NC(=O)/C(=C\c2ccc3c(c2)CCO3)S1. The van der Waals surface area contributed by atoms with Gasteiger partial charge in [-0.05, 0) is 59.5 Å². The van der Waals surface area contributed by atoms with Gasteiger partial charge in [0.25, 0.3) is 5.91 Å². The second-order valence-electron chi connectivity index (χ2n) is 5.62. The molecule has 0 unspecified atom stereocenters. The molecule has 2 heterocycles. The Bertz CT molecular complexity index is 906. The first kappa shape index (κ1) is 16.3. The Kier molecular flexibility index (Phi) is 4.55. The lowest BCUT2D eigenvalue weighted by Crippen LogP contribution is -2.19. The number of ether oxygens (including phenoxy) is 1. The van der Waals surface area contributed by atoms with E-state index < -0.39 is 0 Å². The minimum atomic E-state index is -0.109. The Hall–Kier alpha value is -2.18. The number of para-hydroxylation sites is 1. The fourth-order valence-corrected chi connectivity index (χ4v) is 4.13. The predicted octanol–water partition coefficient (Wildman–Crippen LogP) is 4.24. The number of carbonyl (C=O) groups excluding carboxylic acids is 1. The minimum Gasteiger partial charge on any atom is -0.493 e. The van der Waals surface area contributed by atoms with Crippen LogP contribution >= 0.6 is 23.5 Å². The van der Waals surface area contributed by atoms with Gasteiger partial charge in [-0.1, -0.05) is 18.2 Å². The first-order chi connectivity index (χ1) is 12.2. The molecule has 0 aliphatic carbocycles. The van der Waals surface area contributed by atoms with Gasteiger partial charge in [0, 0.05) is 11.3 Å². The van der Waals surface area contributed by atoms with E-state index in [4.69, 9.17) is 4.74 Å². The van der Waals surface area contributed by atoms with Crippen LogP contribution in [0.25, 0.3) is 6.08 Å². The largest absolute Gasteiger partial charge is 0.493 e. The van der Waals surface area contributed by atoms with Gasteiger partial charge < -0.3 is 10.1 Å². The van der Waals surface area contributed by atoms with Crippen molar-refractivity contribution >= 4 is 46.4 Å². The van der Waals surface area contributed by atoms with Crippen LogP contribution in [0.15, 0.2) is 57.3 Å². The van der Waals surface area contributed by atoms with Crippen LogP contribution in [0.3, 0.4) is 0 Å². The number of rotatable bonds is 3. The summed E-state index contributed by atoms with van der Waals surface area (Å²) in [5.74, 6) is 0.837. The van der Waals surface area contributed by atoms with Gasteiger partial charge in [0.2, 0.25) is 0 Å². The zero-order valence-electron chi connectivity index (χ0n) is 13.6. The molecule has 1 amide bonds. The molecule has 2 aliphatic rings. The molecule has 1 saturated heterocycles. The number of amidine groups is 1. The third-order valence-electron chi connectivity index (χ3n) is 3.97. The van der Waals surface area contributed by atoms with Crippen molar-refractivity contribution in [2.24, 2.45) is 4.99 Å². The van der Waals surface area contributed by atoms with Crippen LogP contribution in [0.1, 0.15) is 11.1 Å². The maximum absolute atomic E-state index is 12.3. The first-order valence-corrected chi connectivity index (χ1v) is 9.95. The Morgan fingerprint density at radius 1 is 1.28 bits per heavy atom. The van der Waals surface area contributed by atoms with Crippen molar-refractivity contribution in [3.63, 3.8) is 0 Å². The van der Waals surface area contributed by atoms with E-state index in [2.05, 4.69) is 16.4 Å². The lowest BCUT2D eigenvalue weighted by Gasteiger charge is -2.02. The van der Waals surface area contributed by atoms with Gasteiger partial charge in [-0.25, -0.2) is 4.99 Å². The third kappa shape index (κ3) is 3.45. The molecule has 2 aromatic carbocycles. The molecular weight excluding hydrogens is 352 g/mol. The normalized spacial score (nSPS) is 19.2. The van der Waals surface area contributed by atoms with Crippen molar-refractivity contribution in [2.75, 3.05) is 12.9 Å². The summed E-state index contributed by atoms with van der Waals surface area (Å²) in [5.41, 5.74) is 3.07. The minimum absolute atomic E-state index is 0.109. The summed E-state index contributed by atoms with van der Waals surface area (Å²) in [6.07, 6.45) is 4.84. The van der Waals surface area contributed by atoms with Gasteiger partial charge in [-0.3, -0.25) is 4.79 Å². The molecule has 4 nitrogen and oxygen atoms in total. The number of hydrogen-bond donors (Lipinski definition) is 1. The van der Waals surface area contributed by atoms with Gasteiger partial charge in [-0.15, -0.1) is 11.8 Å². The Balaban J connectivity index is 1.59. The smallest absolute Gasteiger partial charge is 0.264 e. The van der Waals surface area contributed by atoms with E-state index in [1.54, 1.807) is 11.8 Å². The summed E-state index contributed by atoms with van der Waals surface area (Å²) in [6, 6.07) is 13.9. The molecule has 25 heavy (non-hydrogen) atoms. The topological polar surface area (TPSA) is 50.7 Å². The highest BCUT2D eigenvalue weighted by Crippen LogP contribution is 2.33. The molecule has 0 saturated carbocycles. The number of hydrogen-bond acceptors (Lipinski definition) is 5. The van der Waals surface area contributed by atoms with Gasteiger partial charge in [0.05, 0.1) is 17.2 Å². The maximum Gasteiger partial charge on any atom is 0.264 e. The molecule has 0 bridgehead atoms. The zero-order chi connectivity index (χ0) is 17.2. The van der Waals surface area contributed by atoms with E-state index in [0.717, 1.165) is 34.9 Å². The zero-order valence-corrected chi connectivity index (χ0v) is 15.2. The molecule has 2 aliphatic heterocycles. The number of carbonyl (C=O) groups is 1. The Morgan fingerprint density at radius 2 is 2.16 bits per heavy atom. The predicted molar refractivity (Wildman–Crippen MR) is 105 cm³/mol. The molecule has 0 aromatic heterocycles. The van der Waals surface area contributed by atoms with Crippen LogP contribution in [0.4, 0.5) is 5.69 Å². The van der Waals surface area contributed by atoms with Crippen molar-refractivity contribution in [3.05, 3.63) is 58.5 Å². The fourth-order valence-electron chi connectivity index (χ4n) is 2.76. The van der Waals surface area contributed by atoms with E-state index in [-0.39, 0.29) is 5.91 Å². The highest BCUT2D eigenvalue weighted by Gasteiger charge is 2.24. The monoisotopic (exact) mass is 368 g/mol. The molecule has 126 valence electrons. The van der Waals surface area contributed by atoms with E-state index in [9.17, 15) is 4.79 Å². The number of nitrogens with zero attached hydrogens (tertiary/aromatic N) is 1. The summed E-state index contributed by atoms with van der Waals surface area (Å²) in [6.45, 7) is 0.732. The van der Waals surface area contributed by atoms with Gasteiger partial charge in [0.1, 0.15) is 5.75 Å². The van der Waals surface area contributed by atoms with Gasteiger partial charge in [0.15, 0.2) is 5.17 Å². The lowest BCUT2D eigenvalue weighted by molar-refractivity contribution is -0.115. The molecule has 1 fully saturated rings. The number of thioether (sulfide) groups is 2. The molecule has 4 rings (SSSR count). The van der Waals surface area contributed by atoms with E-state index in [1.165, 1.54) is 17.3 Å². The maximum atomic E-state index is 12.3. The van der Waals surface area contributed by atoms with Crippen LogP contribution in [-0.2, 0) is 11.2 Å². The molecule has 6 heteroatoms. The van der Waals surface area contributed by atoms with Crippen molar-refractivity contribution in [1.82, 2.24) is 5.32 Å². The molecular formula is C19H16N2O2S2. The first-order valence-electron chi connectivity index (χ1n) is 7.91. The summed E-state index contributed by atoms with van der Waals surface area (Å²) in [7, 11) is 0. The number of benzene rings is 2. The molecule has 1 N–H and O–H groups in total. The quantitative estimate of drug-likeness (QED) is 0.650. The lowest BCUT2D eigenvalue weighted by atomic mass is 10.1. The molecule has 0 spiro atoms. The second kappa shape index (κ2) is 6.98. The van der Waals surface area contributed by atoms with Crippen molar-refractivity contribution < 1.29 is 9.53 Å². The summed E-state index contributed by atoms with van der Waals surface area (Å²) < 4.78 is 5.52. The van der Waals surface area contributed by atoms with Crippen LogP contribution in [0.2, 0.25) is 0 Å². The third-order valence-corrected chi connectivity index (χ3v) is 5.66. The average molecular weight is 368 g/mol. The number of amides is 1. The van der Waals surface area contributed by atoms with E-state index in [1.807, 2.05) is 48.7 Å². The Morgan fingerprint density at radius 3 is 3.04 bits per heavy atom. The Labute approximate surface area is 154 Å². The average Bonchev–Trinajstić information content (AvgIpc) is 3.22. The fraction of sp³-hybridized carbons (Fsp3) is 0.158. The van der Waals surface area contributed by atoms with Crippen molar-refractivity contribution in [2.45, 2.75) is 11.3 Å². The number of fused-ring (bicyclic) bond motifs is 1. The second-order valence-corrected chi connectivity index (χ2v) is 7.50. The van der Waals surface area contributed by atoms with Gasteiger partial charge in [-0.2, -0.15) is 0 Å². The van der Waals surface area contributed by atoms with E-state index in [0.29, 0.717) is 10.1 Å². The van der Waals surface area contributed by atoms with E-state index >= 15 is 0 Å². The van der Waals surface area contributed by atoms with Crippen LogP contribution < -0.4 is 10.1 Å². The van der Waals surface area contributed by atoms with Gasteiger partial charge >= 0.3 is 0 Å².